The molecule has 4 rings (SSSR count). The molecule has 0 spiro atoms. The summed E-state index contributed by atoms with van der Waals surface area (Å²) in [5.74, 6) is 2.97. The number of hydrogen-bond acceptors (Lipinski definition) is 5. The summed E-state index contributed by atoms with van der Waals surface area (Å²) in [6, 6.07) is 14.6. The lowest BCUT2D eigenvalue weighted by atomic mass is 10.1. The van der Waals surface area contributed by atoms with E-state index in [-0.39, 0.29) is 11.8 Å². The van der Waals surface area contributed by atoms with Crippen molar-refractivity contribution in [3.05, 3.63) is 82.9 Å². The van der Waals surface area contributed by atoms with Gasteiger partial charge < -0.3 is 14.2 Å². The summed E-state index contributed by atoms with van der Waals surface area (Å²) in [5.41, 5.74) is 4.34. The minimum atomic E-state index is -0.349. The number of methoxy groups -OCH3 is 1. The van der Waals surface area contributed by atoms with E-state index in [1.54, 1.807) is 31.4 Å². The Labute approximate surface area is 193 Å². The molecule has 1 aliphatic rings. The lowest BCUT2D eigenvalue weighted by Gasteiger charge is -2.17. The average Bonchev–Trinajstić information content (AvgIpc) is 3.11. The molecule has 0 atom stereocenters. The van der Waals surface area contributed by atoms with Crippen molar-refractivity contribution in [3.63, 3.8) is 0 Å². The number of amides is 2. The number of carbonyl (C=O) groups is 2. The van der Waals surface area contributed by atoms with Crippen LogP contribution >= 0.6 is 0 Å². The monoisotopic (exact) mass is 443 g/mol. The van der Waals surface area contributed by atoms with Crippen molar-refractivity contribution < 1.29 is 23.8 Å². The van der Waals surface area contributed by atoms with E-state index in [0.717, 1.165) is 50.2 Å². The maximum absolute atomic E-state index is 11.9. The van der Waals surface area contributed by atoms with Crippen LogP contribution in [0, 0.1) is 27.7 Å². The normalized spacial score (nSPS) is 12.9. The molecule has 3 aromatic carbocycles. The number of anilines is 1. The molecule has 0 N–H and O–H groups in total. The van der Waals surface area contributed by atoms with E-state index in [0.29, 0.717) is 11.4 Å². The highest BCUT2D eigenvalue weighted by Gasteiger charge is 2.25. The highest BCUT2D eigenvalue weighted by atomic mass is 16.5. The molecule has 0 aliphatic carbocycles. The van der Waals surface area contributed by atoms with Gasteiger partial charge in [0.25, 0.3) is 11.8 Å². The Morgan fingerprint density at radius 1 is 0.606 bits per heavy atom. The van der Waals surface area contributed by atoms with E-state index in [1.807, 2.05) is 52.0 Å². The fourth-order valence-corrected chi connectivity index (χ4v) is 3.87. The summed E-state index contributed by atoms with van der Waals surface area (Å²) in [6.45, 7) is 7.91. The summed E-state index contributed by atoms with van der Waals surface area (Å²) in [5, 5.41) is 0. The van der Waals surface area contributed by atoms with E-state index >= 15 is 0 Å². The Bertz CT molecular complexity index is 1210. The lowest BCUT2D eigenvalue weighted by molar-refractivity contribution is -0.119. The number of carbonyl (C=O) groups excluding carboxylic acids is 2. The number of rotatable bonds is 6. The first-order chi connectivity index (χ1) is 15.8. The van der Waals surface area contributed by atoms with Crippen molar-refractivity contribution in [1.29, 1.82) is 0 Å². The molecule has 0 unspecified atom stereocenters. The molecule has 6 nitrogen and oxygen atoms in total. The SMILES string of the molecule is COc1cc(C)c(Oc2cc(C)c(Oc3ccc(N4C(=O)C=CC4=O)cc3)c(C)c2)c(C)c1. The molecule has 1 heterocycles. The minimum absolute atomic E-state index is 0.349. The van der Waals surface area contributed by atoms with Crippen molar-refractivity contribution in [2.75, 3.05) is 12.0 Å². The lowest BCUT2D eigenvalue weighted by Crippen LogP contribution is -2.29. The predicted molar refractivity (Wildman–Crippen MR) is 127 cm³/mol. The van der Waals surface area contributed by atoms with Gasteiger partial charge in [0.2, 0.25) is 0 Å². The van der Waals surface area contributed by atoms with Crippen molar-refractivity contribution in [2.24, 2.45) is 0 Å². The van der Waals surface area contributed by atoms with Gasteiger partial charge in [-0.1, -0.05) is 0 Å². The van der Waals surface area contributed by atoms with E-state index < -0.39 is 0 Å². The van der Waals surface area contributed by atoms with Crippen molar-refractivity contribution in [1.82, 2.24) is 0 Å². The van der Waals surface area contributed by atoms with Crippen LogP contribution in [0.15, 0.2) is 60.7 Å². The van der Waals surface area contributed by atoms with Gasteiger partial charge in [-0.3, -0.25) is 9.59 Å². The largest absolute Gasteiger partial charge is 0.497 e. The van der Waals surface area contributed by atoms with Crippen LogP contribution in [-0.4, -0.2) is 18.9 Å². The zero-order chi connectivity index (χ0) is 23.7. The molecular formula is C27H25NO5. The Kier molecular flexibility index (Phi) is 5.92. The molecule has 0 aromatic heterocycles. The van der Waals surface area contributed by atoms with Gasteiger partial charge in [-0.15, -0.1) is 0 Å². The molecule has 2 amide bonds. The van der Waals surface area contributed by atoms with E-state index in [2.05, 4.69) is 0 Å². The first kappa shape index (κ1) is 22.1. The van der Waals surface area contributed by atoms with Gasteiger partial charge in [0.15, 0.2) is 0 Å². The van der Waals surface area contributed by atoms with Gasteiger partial charge in [0, 0.05) is 12.2 Å². The molecule has 168 valence electrons. The average molecular weight is 443 g/mol. The molecule has 33 heavy (non-hydrogen) atoms. The highest BCUT2D eigenvalue weighted by Crippen LogP contribution is 2.37. The van der Waals surface area contributed by atoms with Crippen LogP contribution in [0.4, 0.5) is 5.69 Å². The quantitative estimate of drug-likeness (QED) is 0.441. The maximum Gasteiger partial charge on any atom is 0.258 e. The van der Waals surface area contributed by atoms with Gasteiger partial charge in [0.05, 0.1) is 12.8 Å². The van der Waals surface area contributed by atoms with E-state index in [1.165, 1.54) is 12.2 Å². The summed E-state index contributed by atoms with van der Waals surface area (Å²) in [7, 11) is 1.65. The number of imide groups is 1. The molecule has 0 saturated heterocycles. The summed E-state index contributed by atoms with van der Waals surface area (Å²) >= 11 is 0. The summed E-state index contributed by atoms with van der Waals surface area (Å²) < 4.78 is 17.7. The van der Waals surface area contributed by atoms with Crippen LogP contribution < -0.4 is 19.1 Å². The zero-order valence-electron chi connectivity index (χ0n) is 19.3. The van der Waals surface area contributed by atoms with Crippen molar-refractivity contribution >= 4 is 17.5 Å². The van der Waals surface area contributed by atoms with E-state index in [9.17, 15) is 9.59 Å². The molecule has 1 aliphatic heterocycles. The Morgan fingerprint density at radius 3 is 1.48 bits per heavy atom. The second-order valence-electron chi connectivity index (χ2n) is 8.02. The number of hydrogen-bond donors (Lipinski definition) is 0. The third kappa shape index (κ3) is 4.46. The number of nitrogens with zero attached hydrogens (tertiary/aromatic N) is 1. The summed E-state index contributed by atoms with van der Waals surface area (Å²) in [4.78, 5) is 24.8. The van der Waals surface area contributed by atoms with Gasteiger partial charge in [-0.2, -0.15) is 0 Å². The molecule has 6 heteroatoms. The number of aryl methyl sites for hydroxylation is 4. The van der Waals surface area contributed by atoms with Crippen LogP contribution in [0.2, 0.25) is 0 Å². The standard InChI is InChI=1S/C27H25NO5/c1-16-12-22(31-5)13-17(2)27(16)33-23-14-18(3)26(19(4)15-23)32-21-8-6-20(7-9-21)28-24(29)10-11-25(28)30/h6-15H,1-5H3. The van der Waals surface area contributed by atoms with Crippen LogP contribution in [0.1, 0.15) is 22.3 Å². The fraction of sp³-hybridized carbons (Fsp3) is 0.185. The number of benzene rings is 3. The summed E-state index contributed by atoms with van der Waals surface area (Å²) in [6.07, 6.45) is 2.52. The van der Waals surface area contributed by atoms with Crippen LogP contribution in [0.25, 0.3) is 0 Å². The maximum atomic E-state index is 11.9. The molecule has 0 radical (unpaired) electrons. The van der Waals surface area contributed by atoms with E-state index in [4.69, 9.17) is 14.2 Å². The van der Waals surface area contributed by atoms with Crippen molar-refractivity contribution in [2.45, 2.75) is 27.7 Å². The van der Waals surface area contributed by atoms with Gasteiger partial charge in [-0.05, 0) is 98.5 Å². The third-order valence-corrected chi connectivity index (χ3v) is 5.45. The Balaban J connectivity index is 1.54. The Morgan fingerprint density at radius 2 is 1.03 bits per heavy atom. The smallest absolute Gasteiger partial charge is 0.258 e. The predicted octanol–water partition coefficient (Wildman–Crippen LogP) is 5.94. The van der Waals surface area contributed by atoms with Gasteiger partial charge >= 0.3 is 0 Å². The molecule has 0 bridgehead atoms. The molecule has 0 fully saturated rings. The highest BCUT2D eigenvalue weighted by molar-refractivity contribution is 6.28. The Hall–Kier alpha value is -4.06. The van der Waals surface area contributed by atoms with Gasteiger partial charge in [0.1, 0.15) is 28.7 Å². The van der Waals surface area contributed by atoms with Crippen LogP contribution in [0.5, 0.6) is 28.7 Å². The van der Waals surface area contributed by atoms with Crippen LogP contribution in [-0.2, 0) is 9.59 Å². The second kappa shape index (κ2) is 8.82. The van der Waals surface area contributed by atoms with Gasteiger partial charge in [-0.25, -0.2) is 4.90 Å². The van der Waals surface area contributed by atoms with Crippen LogP contribution in [0.3, 0.4) is 0 Å². The molecule has 0 saturated carbocycles. The molecular weight excluding hydrogens is 418 g/mol. The first-order valence-corrected chi connectivity index (χ1v) is 10.5. The zero-order valence-corrected chi connectivity index (χ0v) is 19.3. The minimum Gasteiger partial charge on any atom is -0.497 e. The third-order valence-electron chi connectivity index (χ3n) is 5.45. The second-order valence-corrected chi connectivity index (χ2v) is 8.02. The fourth-order valence-electron chi connectivity index (χ4n) is 3.87. The topological polar surface area (TPSA) is 65.1 Å². The molecule has 3 aromatic rings. The first-order valence-electron chi connectivity index (χ1n) is 10.5. The number of ether oxygens (including phenoxy) is 3. The van der Waals surface area contributed by atoms with Crippen molar-refractivity contribution in [3.8, 4) is 28.7 Å².